The molecule has 2 aromatic heterocycles. The molecule has 0 aliphatic carbocycles. The van der Waals surface area contributed by atoms with E-state index in [1.807, 2.05) is 0 Å². The number of carbonyl (C=O) groups excluding carboxylic acids is 1. The molecular weight excluding hydrogens is 495 g/mol. The Bertz CT molecular complexity index is 1030. The number of aryl methyl sites for hydroxylation is 1. The van der Waals surface area contributed by atoms with E-state index in [0.29, 0.717) is 11.9 Å². The Labute approximate surface area is 188 Å². The summed E-state index contributed by atoms with van der Waals surface area (Å²) in [5.41, 5.74) is 4.43. The minimum atomic E-state index is -0.604. The maximum absolute atomic E-state index is 11.4. The molecule has 3 aromatic rings. The molecule has 0 spiro atoms. The lowest BCUT2D eigenvalue weighted by Crippen LogP contribution is -2.38. The van der Waals surface area contributed by atoms with Gasteiger partial charge in [0.25, 0.3) is 5.91 Å². The quantitative estimate of drug-likeness (QED) is 0.263. The maximum atomic E-state index is 11.4. The molecule has 0 saturated carbocycles. The molecule has 0 bridgehead atoms. The van der Waals surface area contributed by atoms with Gasteiger partial charge in [0, 0.05) is 59.7 Å². The highest BCUT2D eigenvalue weighted by Crippen LogP contribution is 2.24. The molecule has 8 nitrogen and oxygen atoms in total. The van der Waals surface area contributed by atoms with E-state index in [-0.39, 0.29) is 5.56 Å². The molecule has 1 aliphatic rings. The van der Waals surface area contributed by atoms with Crippen molar-refractivity contribution in [1.82, 2.24) is 25.3 Å². The van der Waals surface area contributed by atoms with Gasteiger partial charge < -0.3 is 14.8 Å². The van der Waals surface area contributed by atoms with Crippen LogP contribution in [-0.2, 0) is 13.6 Å². The first-order chi connectivity index (χ1) is 14.5. The Morgan fingerprint density at radius 2 is 2.00 bits per heavy atom. The minimum Gasteiger partial charge on any atom is -0.350 e. The van der Waals surface area contributed by atoms with Crippen LogP contribution in [0.5, 0.6) is 0 Å². The first kappa shape index (κ1) is 21.0. The summed E-state index contributed by atoms with van der Waals surface area (Å²) >= 11 is 2.36. The molecule has 0 atom stereocenters. The molecule has 0 unspecified atom stereocenters. The average molecular weight is 520 g/mol. The van der Waals surface area contributed by atoms with E-state index in [9.17, 15) is 4.79 Å². The van der Waals surface area contributed by atoms with Crippen molar-refractivity contribution < 1.29 is 10.0 Å². The van der Waals surface area contributed by atoms with Crippen LogP contribution in [0.1, 0.15) is 28.8 Å². The van der Waals surface area contributed by atoms with Crippen LogP contribution in [0.4, 0.5) is 5.95 Å². The van der Waals surface area contributed by atoms with Gasteiger partial charge in [-0.1, -0.05) is 0 Å². The molecule has 4 rings (SSSR count). The smallest absolute Gasteiger partial charge is 0.277 e. The lowest BCUT2D eigenvalue weighted by Gasteiger charge is -2.32. The Kier molecular flexibility index (Phi) is 6.49. The monoisotopic (exact) mass is 520 g/mol. The molecule has 3 N–H and O–H groups in total. The Morgan fingerprint density at radius 1 is 1.27 bits per heavy atom. The highest BCUT2D eigenvalue weighted by molar-refractivity contribution is 14.1. The van der Waals surface area contributed by atoms with E-state index in [2.05, 4.69) is 78.8 Å². The number of aromatic nitrogens is 3. The van der Waals surface area contributed by atoms with Crippen molar-refractivity contribution in [3.05, 3.63) is 51.5 Å². The summed E-state index contributed by atoms with van der Waals surface area (Å²) in [5.74, 6) is 0.643. The Hall–Kier alpha value is -2.24. The van der Waals surface area contributed by atoms with Crippen LogP contribution >= 0.6 is 22.6 Å². The summed E-state index contributed by atoms with van der Waals surface area (Å²) in [6.45, 7) is 3.65. The SMILES string of the molecule is Cn1cc(CNCC2CCN(c3ncc(C(=O)NO)cn3)CC2)c2cc(I)ccc21. The molecule has 30 heavy (non-hydrogen) atoms. The van der Waals surface area contributed by atoms with Gasteiger partial charge in [0.2, 0.25) is 5.95 Å². The standard InChI is InChI=1S/C21H25IN6O2/c1-27-13-16(18-8-17(22)2-3-19(18)27)10-23-9-14-4-6-28(7-5-14)21-24-11-15(12-25-21)20(29)26-30/h2-3,8,11-14,23,30H,4-7,9-10H2,1H3,(H,26,29). The summed E-state index contributed by atoms with van der Waals surface area (Å²) in [4.78, 5) is 22.0. The predicted molar refractivity (Wildman–Crippen MR) is 124 cm³/mol. The minimum absolute atomic E-state index is 0.239. The number of fused-ring (bicyclic) bond motifs is 1. The lowest BCUT2D eigenvalue weighted by molar-refractivity contribution is 0.0705. The van der Waals surface area contributed by atoms with E-state index >= 15 is 0 Å². The van der Waals surface area contributed by atoms with Crippen molar-refractivity contribution in [1.29, 1.82) is 0 Å². The summed E-state index contributed by atoms with van der Waals surface area (Å²) < 4.78 is 3.45. The van der Waals surface area contributed by atoms with E-state index in [0.717, 1.165) is 39.0 Å². The van der Waals surface area contributed by atoms with Crippen molar-refractivity contribution in [3.63, 3.8) is 0 Å². The molecule has 9 heteroatoms. The third-order valence-corrected chi connectivity index (χ3v) is 6.35. The molecular formula is C21H25IN6O2. The fourth-order valence-electron chi connectivity index (χ4n) is 4.00. The van der Waals surface area contributed by atoms with E-state index in [1.54, 1.807) is 5.48 Å². The molecule has 1 aliphatic heterocycles. The van der Waals surface area contributed by atoms with Crippen LogP contribution in [0, 0.1) is 9.49 Å². The summed E-state index contributed by atoms with van der Waals surface area (Å²) in [7, 11) is 2.10. The van der Waals surface area contributed by atoms with Crippen LogP contribution in [0.15, 0.2) is 36.8 Å². The highest BCUT2D eigenvalue weighted by atomic mass is 127. The van der Waals surface area contributed by atoms with E-state index < -0.39 is 5.91 Å². The number of nitrogens with zero attached hydrogens (tertiary/aromatic N) is 4. The predicted octanol–water partition coefficient (Wildman–Crippen LogP) is 2.70. The Morgan fingerprint density at radius 3 is 2.70 bits per heavy atom. The van der Waals surface area contributed by atoms with Gasteiger partial charge in [-0.2, -0.15) is 0 Å². The first-order valence-corrected chi connectivity index (χ1v) is 11.1. The van der Waals surface area contributed by atoms with Gasteiger partial charge in [0.15, 0.2) is 0 Å². The second kappa shape index (κ2) is 9.27. The summed E-state index contributed by atoms with van der Waals surface area (Å²) in [5, 5.41) is 13.6. The number of halogens is 1. The topological polar surface area (TPSA) is 95.3 Å². The maximum Gasteiger partial charge on any atom is 0.277 e. The van der Waals surface area contributed by atoms with Gasteiger partial charge in [0.1, 0.15) is 0 Å². The zero-order valence-corrected chi connectivity index (χ0v) is 19.0. The highest BCUT2D eigenvalue weighted by Gasteiger charge is 2.21. The second-order valence-electron chi connectivity index (χ2n) is 7.70. The van der Waals surface area contributed by atoms with Crippen molar-refractivity contribution in [3.8, 4) is 0 Å². The number of hydrogen-bond acceptors (Lipinski definition) is 6. The van der Waals surface area contributed by atoms with Gasteiger partial charge in [-0.25, -0.2) is 15.4 Å². The molecule has 158 valence electrons. The van der Waals surface area contributed by atoms with Crippen molar-refractivity contribution >= 4 is 45.3 Å². The number of benzene rings is 1. The zero-order valence-electron chi connectivity index (χ0n) is 16.8. The van der Waals surface area contributed by atoms with E-state index in [1.165, 1.54) is 32.4 Å². The normalized spacial score (nSPS) is 15.0. The lowest BCUT2D eigenvalue weighted by atomic mass is 9.97. The fraction of sp³-hybridized carbons (Fsp3) is 0.381. The second-order valence-corrected chi connectivity index (χ2v) is 8.95. The van der Waals surface area contributed by atoms with Crippen LogP contribution in [-0.4, -0.2) is 45.3 Å². The number of nitrogens with one attached hydrogen (secondary N) is 2. The van der Waals surface area contributed by atoms with Crippen molar-refractivity contribution in [2.75, 3.05) is 24.5 Å². The zero-order chi connectivity index (χ0) is 21.1. The first-order valence-electron chi connectivity index (χ1n) is 10.0. The van der Waals surface area contributed by atoms with Gasteiger partial charge in [-0.15, -0.1) is 0 Å². The number of carbonyl (C=O) groups is 1. The molecule has 0 radical (unpaired) electrons. The number of rotatable bonds is 6. The molecule has 1 fully saturated rings. The number of hydrogen-bond donors (Lipinski definition) is 3. The fourth-order valence-corrected chi connectivity index (χ4v) is 4.49. The van der Waals surface area contributed by atoms with E-state index in [4.69, 9.17) is 5.21 Å². The third kappa shape index (κ3) is 4.57. The number of amides is 1. The van der Waals surface area contributed by atoms with Crippen LogP contribution in [0.25, 0.3) is 10.9 Å². The molecule has 1 saturated heterocycles. The average Bonchev–Trinajstić information content (AvgIpc) is 3.08. The van der Waals surface area contributed by atoms with Gasteiger partial charge >= 0.3 is 0 Å². The third-order valence-electron chi connectivity index (χ3n) is 5.68. The number of anilines is 1. The number of piperidine rings is 1. The largest absolute Gasteiger partial charge is 0.350 e. The van der Waals surface area contributed by atoms with Crippen molar-refractivity contribution in [2.24, 2.45) is 13.0 Å². The van der Waals surface area contributed by atoms with Crippen LogP contribution in [0.3, 0.4) is 0 Å². The Balaban J connectivity index is 1.27. The molecule has 1 aromatic carbocycles. The number of hydroxylamine groups is 1. The molecule has 1 amide bonds. The van der Waals surface area contributed by atoms with Crippen LogP contribution in [0.2, 0.25) is 0 Å². The van der Waals surface area contributed by atoms with Crippen molar-refractivity contribution in [2.45, 2.75) is 19.4 Å². The summed E-state index contributed by atoms with van der Waals surface area (Å²) in [6, 6.07) is 6.58. The van der Waals surface area contributed by atoms with Gasteiger partial charge in [-0.05, 0) is 71.7 Å². The van der Waals surface area contributed by atoms with Crippen LogP contribution < -0.4 is 15.7 Å². The van der Waals surface area contributed by atoms with Gasteiger partial charge in [-0.3, -0.25) is 10.0 Å². The van der Waals surface area contributed by atoms with Gasteiger partial charge in [0.05, 0.1) is 5.56 Å². The molecule has 3 heterocycles. The summed E-state index contributed by atoms with van der Waals surface area (Å²) in [6.07, 6.45) is 7.24.